The summed E-state index contributed by atoms with van der Waals surface area (Å²) in [5.74, 6) is 1.12. The Labute approximate surface area is 501 Å². The van der Waals surface area contributed by atoms with E-state index in [2.05, 4.69) is 32.1 Å². The number of carbonyl (C=O) groups is 2. The smallest absolute Gasteiger partial charge is 0.494 e. The van der Waals surface area contributed by atoms with E-state index in [4.69, 9.17) is 49.4 Å². The van der Waals surface area contributed by atoms with E-state index in [0.717, 1.165) is 28.0 Å². The lowest BCUT2D eigenvalue weighted by Gasteiger charge is -2.32. The van der Waals surface area contributed by atoms with Gasteiger partial charge in [-0.1, -0.05) is 23.7 Å². The molecule has 3 saturated heterocycles. The van der Waals surface area contributed by atoms with Crippen molar-refractivity contribution < 1.29 is 56.2 Å². The molecule has 6 aromatic heterocycles. The maximum absolute atomic E-state index is 13.8. The second-order valence-electron chi connectivity index (χ2n) is 21.7. The minimum Gasteiger partial charge on any atom is -0.496 e. The molecule has 2 unspecified atom stereocenters. The largest absolute Gasteiger partial charge is 0.496 e. The minimum absolute atomic E-state index is 0.121. The molecule has 3 aliphatic rings. The highest BCUT2D eigenvalue weighted by molar-refractivity contribution is 6.62. The standard InChI is InChI=1S/C28H26FN5O4.C17H22BFN2O2.C17H16ClN3O4/c1-33(9-10-35)28(36)23-13-25(37-2)21(15-32-23)26-12-22-27(38-26)20(5-7-31-22)17-3-4-24(18(11-17)14-30)34-8-6-19(29)16-34;1-16(2)17(3,4)23-18(22-16)13-5-6-15(12(9-13)10-20)21-8-7-14(19)11-21;1-21(5-6-22)17(23)13-8-14(24-2)10(9-20-13)15-7-12-16(25-15)11(18)3-4-19-12/h3-5,7,11-13,15,19,35H,6,8-10,16H2,1-2H3;5-6,9,14H,7-8,11H2,1-4H3;3-4,7-9,22H,5-6H2,1-2H3. The van der Waals surface area contributed by atoms with Crippen LogP contribution in [0, 0.1) is 22.7 Å². The summed E-state index contributed by atoms with van der Waals surface area (Å²) in [6.07, 6.45) is 5.55. The molecule has 2 aromatic carbocycles. The Kier molecular flexibility index (Phi) is 18.9. The third-order valence-electron chi connectivity index (χ3n) is 15.5. The number of aliphatic hydroxyl groups excluding tert-OH is 2. The molecule has 2 N–H and O–H groups in total. The molecule has 0 radical (unpaired) electrons. The second kappa shape index (κ2) is 26.3. The molecule has 446 valence electrons. The van der Waals surface area contributed by atoms with Gasteiger partial charge in [0, 0.05) is 108 Å². The number of halogens is 3. The van der Waals surface area contributed by atoms with E-state index in [0.29, 0.717) is 105 Å². The first kappa shape index (κ1) is 61.8. The van der Waals surface area contributed by atoms with Gasteiger partial charge in [-0.3, -0.25) is 29.5 Å². The molecule has 8 aromatic rings. The average Bonchev–Trinajstić information content (AvgIpc) is 2.83. The highest BCUT2D eigenvalue weighted by Gasteiger charge is 2.52. The van der Waals surface area contributed by atoms with E-state index < -0.39 is 30.7 Å². The number of ether oxygens (including phenoxy) is 2. The number of nitrogens with zero attached hydrogens (tertiary/aromatic N) is 10. The van der Waals surface area contributed by atoms with Gasteiger partial charge in [-0.05, 0) is 88.0 Å². The molecule has 9 heterocycles. The number of hydrogen-bond acceptors (Lipinski definition) is 18. The molecule has 11 rings (SSSR count). The zero-order chi connectivity index (χ0) is 61.6. The topological polar surface area (TPSA) is 250 Å². The molecule has 0 aliphatic carbocycles. The van der Waals surface area contributed by atoms with Gasteiger partial charge in [0.25, 0.3) is 11.8 Å². The summed E-state index contributed by atoms with van der Waals surface area (Å²) in [5, 5.41) is 37.8. The van der Waals surface area contributed by atoms with Gasteiger partial charge in [0.05, 0.1) is 77.3 Å². The fourth-order valence-electron chi connectivity index (χ4n) is 10.0. The lowest BCUT2D eigenvalue weighted by Crippen LogP contribution is -2.41. The summed E-state index contributed by atoms with van der Waals surface area (Å²) < 4.78 is 62.2. The fourth-order valence-corrected chi connectivity index (χ4v) is 10.2. The van der Waals surface area contributed by atoms with Crippen molar-refractivity contribution in [3.05, 3.63) is 125 Å². The summed E-state index contributed by atoms with van der Waals surface area (Å²) in [7, 11) is 5.67. The first-order valence-electron chi connectivity index (χ1n) is 27.7. The highest BCUT2D eigenvalue weighted by atomic mass is 35.5. The van der Waals surface area contributed by atoms with Gasteiger partial charge in [-0.15, -0.1) is 0 Å². The van der Waals surface area contributed by atoms with E-state index in [1.807, 2.05) is 67.8 Å². The quantitative estimate of drug-likeness (QED) is 0.0963. The molecule has 3 aliphatic heterocycles. The van der Waals surface area contributed by atoms with Gasteiger partial charge in [-0.25, -0.2) is 8.78 Å². The maximum Gasteiger partial charge on any atom is 0.494 e. The van der Waals surface area contributed by atoms with Crippen LogP contribution in [-0.4, -0.2) is 163 Å². The van der Waals surface area contributed by atoms with E-state index >= 15 is 0 Å². The Hall–Kier alpha value is -8.71. The first-order chi connectivity index (χ1) is 41.2. The van der Waals surface area contributed by atoms with Crippen LogP contribution in [0.1, 0.15) is 72.6 Å². The van der Waals surface area contributed by atoms with Crippen molar-refractivity contribution in [2.24, 2.45) is 0 Å². The van der Waals surface area contributed by atoms with E-state index in [1.54, 1.807) is 56.8 Å². The number of aromatic nitrogens is 4. The number of amides is 2. The van der Waals surface area contributed by atoms with Crippen LogP contribution in [0.2, 0.25) is 5.02 Å². The van der Waals surface area contributed by atoms with Gasteiger partial charge < -0.3 is 57.4 Å². The molecule has 2 amide bonds. The molecule has 24 heteroatoms. The molecule has 3 fully saturated rings. The zero-order valence-electron chi connectivity index (χ0n) is 48.8. The van der Waals surface area contributed by atoms with Gasteiger partial charge in [0.15, 0.2) is 11.2 Å². The number of anilines is 2. The lowest BCUT2D eigenvalue weighted by atomic mass is 9.78. The number of alkyl halides is 2. The number of pyridine rings is 4. The molecule has 2 atom stereocenters. The Morgan fingerprint density at radius 1 is 0.686 bits per heavy atom. The summed E-state index contributed by atoms with van der Waals surface area (Å²) in [6.45, 7) is 9.99. The molecular formula is C62H64BClF2N10O10. The Balaban J connectivity index is 0.000000161. The molecule has 20 nitrogen and oxygen atoms in total. The lowest BCUT2D eigenvalue weighted by molar-refractivity contribution is 0.00578. The number of nitriles is 2. The first-order valence-corrected chi connectivity index (χ1v) is 28.1. The van der Waals surface area contributed by atoms with Gasteiger partial charge in [0.1, 0.15) is 69.9 Å². The van der Waals surface area contributed by atoms with Crippen molar-refractivity contribution in [1.82, 2.24) is 29.7 Å². The summed E-state index contributed by atoms with van der Waals surface area (Å²) in [4.78, 5) is 48.6. The van der Waals surface area contributed by atoms with Crippen LogP contribution >= 0.6 is 11.6 Å². The summed E-state index contributed by atoms with van der Waals surface area (Å²) in [5.41, 5.74) is 7.74. The number of methoxy groups -OCH3 is 2. The maximum atomic E-state index is 13.8. The number of aliphatic hydroxyl groups is 2. The van der Waals surface area contributed by atoms with Crippen molar-refractivity contribution >= 4 is 69.6 Å². The highest BCUT2D eigenvalue weighted by Crippen LogP contribution is 2.41. The van der Waals surface area contributed by atoms with Gasteiger partial charge >= 0.3 is 7.12 Å². The van der Waals surface area contributed by atoms with Gasteiger partial charge in [0.2, 0.25) is 0 Å². The van der Waals surface area contributed by atoms with Crippen molar-refractivity contribution in [2.75, 3.05) is 90.6 Å². The van der Waals surface area contributed by atoms with Crippen molar-refractivity contribution in [3.63, 3.8) is 0 Å². The Morgan fingerprint density at radius 3 is 1.63 bits per heavy atom. The van der Waals surface area contributed by atoms with Crippen LogP contribution in [0.25, 0.3) is 56.0 Å². The number of rotatable bonds is 14. The predicted molar refractivity (Wildman–Crippen MR) is 321 cm³/mol. The van der Waals surface area contributed by atoms with E-state index in [1.165, 1.54) is 48.5 Å². The molecule has 0 saturated carbocycles. The molecular weight excluding hydrogens is 1130 g/mol. The second-order valence-corrected chi connectivity index (χ2v) is 22.1. The van der Waals surface area contributed by atoms with Crippen LogP contribution in [0.4, 0.5) is 20.2 Å². The van der Waals surface area contributed by atoms with Crippen LogP contribution in [0.3, 0.4) is 0 Å². The Bertz CT molecular complexity index is 3870. The zero-order valence-corrected chi connectivity index (χ0v) is 49.6. The average molecular weight is 1190 g/mol. The number of hydrogen-bond donors (Lipinski definition) is 2. The van der Waals surface area contributed by atoms with Crippen LogP contribution in [-0.2, 0) is 9.31 Å². The van der Waals surface area contributed by atoms with E-state index in [9.17, 15) is 28.9 Å². The minimum atomic E-state index is -0.886. The van der Waals surface area contributed by atoms with Crippen molar-refractivity contribution in [1.29, 1.82) is 10.5 Å². The molecule has 86 heavy (non-hydrogen) atoms. The van der Waals surface area contributed by atoms with Crippen molar-refractivity contribution in [3.8, 4) is 57.4 Å². The number of likely N-dealkylation sites (N-methyl/N-ethyl adjacent to an activating group) is 2. The van der Waals surface area contributed by atoms with Crippen LogP contribution < -0.4 is 24.7 Å². The van der Waals surface area contributed by atoms with Crippen LogP contribution in [0.15, 0.2) is 106 Å². The number of carbonyl (C=O) groups excluding carboxylic acids is 2. The Morgan fingerprint density at radius 2 is 1.16 bits per heavy atom. The fraction of sp³-hybridized carbons (Fsp3) is 0.355. The third kappa shape index (κ3) is 13.1. The summed E-state index contributed by atoms with van der Waals surface area (Å²) >= 11 is 6.11. The molecule has 0 bridgehead atoms. The van der Waals surface area contributed by atoms with Crippen molar-refractivity contribution in [2.45, 2.75) is 64.1 Å². The normalized spacial score (nSPS) is 16.7. The predicted octanol–water partition coefficient (Wildman–Crippen LogP) is 9.07. The SMILES string of the molecule is CC1(C)OB(c2ccc(N3CCC(F)C3)c(C#N)c2)OC1(C)C.COc1cc(C(=O)N(C)CCO)ncc1-c1cc2nccc(-c3ccc(N4CCC(F)C4)c(C#N)c3)c2o1.COc1cc(C(=O)N(C)CCO)ncc1-c1cc2nccc(Cl)c2o1. The van der Waals surface area contributed by atoms with Gasteiger partial charge in [-0.2, -0.15) is 10.5 Å². The number of fused-ring (bicyclic) bond motifs is 2. The number of furan rings is 2. The van der Waals surface area contributed by atoms with E-state index in [-0.39, 0.29) is 56.1 Å². The summed E-state index contributed by atoms with van der Waals surface area (Å²) in [6, 6.07) is 25.6. The van der Waals surface area contributed by atoms with Crippen LogP contribution in [0.5, 0.6) is 11.5 Å². The monoisotopic (exact) mass is 1190 g/mol. The molecule has 0 spiro atoms. The number of benzene rings is 2. The third-order valence-corrected chi connectivity index (χ3v) is 15.8.